The Morgan fingerprint density at radius 3 is 2.27 bits per heavy atom. The Morgan fingerprint density at radius 1 is 1.09 bits per heavy atom. The van der Waals surface area contributed by atoms with Gasteiger partial charge in [-0.25, -0.2) is 4.79 Å². The van der Waals surface area contributed by atoms with Crippen LogP contribution in [0.1, 0.15) is 63.5 Å². The standard InChI is InChI=1S/C19H30N2O/c1-15-10-12-16(13-11-15)19(2,3)14-20-18(22)21-17-8-6-4-5-7-9-17/h10-13,17H,4-9,14H2,1-3H3,(H2,20,21,22). The molecule has 0 heterocycles. The lowest BCUT2D eigenvalue weighted by Crippen LogP contribution is -2.45. The van der Waals surface area contributed by atoms with Crippen LogP contribution in [0.2, 0.25) is 0 Å². The lowest BCUT2D eigenvalue weighted by Gasteiger charge is -2.26. The van der Waals surface area contributed by atoms with E-state index >= 15 is 0 Å². The van der Waals surface area contributed by atoms with E-state index in [-0.39, 0.29) is 11.4 Å². The molecule has 22 heavy (non-hydrogen) atoms. The highest BCUT2D eigenvalue weighted by atomic mass is 16.2. The van der Waals surface area contributed by atoms with Crippen LogP contribution in [0.3, 0.4) is 0 Å². The second kappa shape index (κ2) is 7.66. The van der Waals surface area contributed by atoms with Crippen LogP contribution in [0.15, 0.2) is 24.3 Å². The van der Waals surface area contributed by atoms with E-state index in [1.807, 2.05) is 0 Å². The van der Waals surface area contributed by atoms with Crippen LogP contribution >= 0.6 is 0 Å². The topological polar surface area (TPSA) is 41.1 Å². The summed E-state index contributed by atoms with van der Waals surface area (Å²) in [6.07, 6.45) is 7.32. The largest absolute Gasteiger partial charge is 0.337 e. The average Bonchev–Trinajstić information content (AvgIpc) is 2.74. The van der Waals surface area contributed by atoms with E-state index in [1.54, 1.807) is 0 Å². The van der Waals surface area contributed by atoms with Crippen molar-refractivity contribution in [2.75, 3.05) is 6.54 Å². The first-order valence-electron chi connectivity index (χ1n) is 8.59. The number of hydrogen-bond donors (Lipinski definition) is 2. The van der Waals surface area contributed by atoms with E-state index in [9.17, 15) is 4.79 Å². The molecular formula is C19H30N2O. The highest BCUT2D eigenvalue weighted by molar-refractivity contribution is 5.74. The summed E-state index contributed by atoms with van der Waals surface area (Å²) in [4.78, 5) is 12.1. The maximum Gasteiger partial charge on any atom is 0.315 e. The van der Waals surface area contributed by atoms with Gasteiger partial charge >= 0.3 is 6.03 Å². The third kappa shape index (κ3) is 5.04. The van der Waals surface area contributed by atoms with Crippen molar-refractivity contribution in [2.45, 2.75) is 70.8 Å². The molecule has 1 aliphatic rings. The molecule has 0 bridgehead atoms. The number of carbonyl (C=O) groups is 1. The summed E-state index contributed by atoms with van der Waals surface area (Å²) >= 11 is 0. The Hall–Kier alpha value is -1.51. The monoisotopic (exact) mass is 302 g/mol. The van der Waals surface area contributed by atoms with Gasteiger partial charge in [0, 0.05) is 18.0 Å². The zero-order chi connectivity index (χ0) is 16.0. The molecular weight excluding hydrogens is 272 g/mol. The first-order valence-corrected chi connectivity index (χ1v) is 8.59. The van der Waals surface area contributed by atoms with Crippen molar-refractivity contribution < 1.29 is 4.79 Å². The van der Waals surface area contributed by atoms with Crippen molar-refractivity contribution in [1.29, 1.82) is 0 Å². The quantitative estimate of drug-likeness (QED) is 0.800. The van der Waals surface area contributed by atoms with Crippen LogP contribution in [-0.4, -0.2) is 18.6 Å². The molecule has 1 fully saturated rings. The van der Waals surface area contributed by atoms with Crippen LogP contribution in [0.25, 0.3) is 0 Å². The Balaban J connectivity index is 1.82. The van der Waals surface area contributed by atoms with Gasteiger partial charge in [-0.05, 0) is 25.3 Å². The molecule has 0 aliphatic heterocycles. The third-order valence-corrected chi connectivity index (χ3v) is 4.71. The molecule has 1 saturated carbocycles. The minimum atomic E-state index is -0.0610. The molecule has 0 spiro atoms. The fourth-order valence-corrected chi connectivity index (χ4v) is 3.07. The van der Waals surface area contributed by atoms with Crippen molar-refractivity contribution >= 4 is 6.03 Å². The molecule has 2 N–H and O–H groups in total. The first-order chi connectivity index (χ1) is 10.5. The van der Waals surface area contributed by atoms with Crippen LogP contribution in [0, 0.1) is 6.92 Å². The smallest absolute Gasteiger partial charge is 0.315 e. The van der Waals surface area contributed by atoms with Crippen molar-refractivity contribution in [3.05, 3.63) is 35.4 Å². The van der Waals surface area contributed by atoms with Crippen LogP contribution < -0.4 is 10.6 Å². The number of hydrogen-bond acceptors (Lipinski definition) is 1. The van der Waals surface area contributed by atoms with Gasteiger partial charge in [-0.2, -0.15) is 0 Å². The van der Waals surface area contributed by atoms with Gasteiger partial charge in [0.15, 0.2) is 0 Å². The van der Waals surface area contributed by atoms with Gasteiger partial charge < -0.3 is 10.6 Å². The van der Waals surface area contributed by atoms with Gasteiger partial charge in [-0.15, -0.1) is 0 Å². The minimum absolute atomic E-state index is 0.0212. The SMILES string of the molecule is Cc1ccc(C(C)(C)CNC(=O)NC2CCCCCC2)cc1. The van der Waals surface area contributed by atoms with Crippen LogP contribution in [-0.2, 0) is 5.41 Å². The number of aryl methyl sites for hydroxylation is 1. The van der Waals surface area contributed by atoms with E-state index in [1.165, 1.54) is 36.8 Å². The first kappa shape index (κ1) is 16.9. The van der Waals surface area contributed by atoms with Crippen LogP contribution in [0.5, 0.6) is 0 Å². The highest BCUT2D eigenvalue weighted by Gasteiger charge is 2.22. The van der Waals surface area contributed by atoms with E-state index in [2.05, 4.69) is 55.7 Å². The third-order valence-electron chi connectivity index (χ3n) is 4.71. The molecule has 2 rings (SSSR count). The number of benzene rings is 1. The van der Waals surface area contributed by atoms with E-state index in [0.29, 0.717) is 12.6 Å². The Kier molecular flexibility index (Phi) is 5.87. The molecule has 1 aromatic rings. The number of nitrogens with one attached hydrogen (secondary N) is 2. The Labute approximate surface area is 134 Å². The van der Waals surface area contributed by atoms with Crippen molar-refractivity contribution in [3.8, 4) is 0 Å². The maximum atomic E-state index is 12.1. The van der Waals surface area contributed by atoms with Gasteiger partial charge in [0.1, 0.15) is 0 Å². The average molecular weight is 302 g/mol. The zero-order valence-electron chi connectivity index (χ0n) is 14.2. The predicted octanol–water partition coefficient (Wildman–Crippen LogP) is 4.29. The highest BCUT2D eigenvalue weighted by Crippen LogP contribution is 2.22. The van der Waals surface area contributed by atoms with Crippen molar-refractivity contribution in [1.82, 2.24) is 10.6 Å². The summed E-state index contributed by atoms with van der Waals surface area (Å²) in [7, 11) is 0. The normalized spacial score (nSPS) is 16.9. The molecule has 1 aliphatic carbocycles. The molecule has 1 aromatic carbocycles. The van der Waals surface area contributed by atoms with Crippen molar-refractivity contribution in [2.24, 2.45) is 0 Å². The van der Waals surface area contributed by atoms with E-state index < -0.39 is 0 Å². The lowest BCUT2D eigenvalue weighted by molar-refractivity contribution is 0.233. The van der Waals surface area contributed by atoms with Gasteiger partial charge in [0.05, 0.1) is 0 Å². The molecule has 0 atom stereocenters. The number of rotatable bonds is 4. The fraction of sp³-hybridized carbons (Fsp3) is 0.632. The lowest BCUT2D eigenvalue weighted by atomic mass is 9.84. The molecule has 3 nitrogen and oxygen atoms in total. The summed E-state index contributed by atoms with van der Waals surface area (Å²) < 4.78 is 0. The Bertz CT molecular complexity index is 471. The molecule has 0 saturated heterocycles. The molecule has 0 unspecified atom stereocenters. The summed E-state index contributed by atoms with van der Waals surface area (Å²) in [6.45, 7) is 7.08. The van der Waals surface area contributed by atoms with Gasteiger partial charge in [-0.3, -0.25) is 0 Å². The molecule has 122 valence electrons. The summed E-state index contributed by atoms with van der Waals surface area (Å²) in [5.74, 6) is 0. The van der Waals surface area contributed by atoms with Crippen molar-refractivity contribution in [3.63, 3.8) is 0 Å². The predicted molar refractivity (Wildman–Crippen MR) is 92.2 cm³/mol. The summed E-state index contributed by atoms with van der Waals surface area (Å²) in [5.41, 5.74) is 2.46. The van der Waals surface area contributed by atoms with Gasteiger partial charge in [0.2, 0.25) is 0 Å². The molecule has 0 aromatic heterocycles. The number of urea groups is 1. The fourth-order valence-electron chi connectivity index (χ4n) is 3.07. The second-order valence-electron chi connectivity index (χ2n) is 7.27. The number of amides is 2. The minimum Gasteiger partial charge on any atom is -0.337 e. The van der Waals surface area contributed by atoms with Gasteiger partial charge in [-0.1, -0.05) is 69.4 Å². The van der Waals surface area contributed by atoms with Gasteiger partial charge in [0.25, 0.3) is 0 Å². The molecule has 2 amide bonds. The Morgan fingerprint density at radius 2 is 1.68 bits per heavy atom. The van der Waals surface area contributed by atoms with E-state index in [0.717, 1.165) is 12.8 Å². The maximum absolute atomic E-state index is 12.1. The zero-order valence-corrected chi connectivity index (χ0v) is 14.2. The molecule has 3 heteroatoms. The molecule has 0 radical (unpaired) electrons. The summed E-state index contributed by atoms with van der Waals surface area (Å²) in [5, 5.41) is 6.20. The number of carbonyl (C=O) groups excluding carboxylic acids is 1. The second-order valence-corrected chi connectivity index (χ2v) is 7.27. The van der Waals surface area contributed by atoms with Crippen LogP contribution in [0.4, 0.5) is 4.79 Å². The summed E-state index contributed by atoms with van der Waals surface area (Å²) in [6, 6.07) is 8.89. The van der Waals surface area contributed by atoms with E-state index in [4.69, 9.17) is 0 Å².